The zero-order chi connectivity index (χ0) is 13.6. The monoisotopic (exact) mass is 267 g/mol. The van der Waals surface area contributed by atoms with Crippen molar-refractivity contribution in [2.45, 2.75) is 24.9 Å². The van der Waals surface area contributed by atoms with Gasteiger partial charge in [0.1, 0.15) is 18.0 Å². The van der Waals surface area contributed by atoms with E-state index in [4.69, 9.17) is 15.6 Å². The van der Waals surface area contributed by atoms with Crippen LogP contribution in [0.4, 0.5) is 10.2 Å². The minimum absolute atomic E-state index is 0.173. The van der Waals surface area contributed by atoms with Gasteiger partial charge in [0.15, 0.2) is 23.8 Å². The van der Waals surface area contributed by atoms with Crippen LogP contribution >= 0.6 is 0 Å². The van der Waals surface area contributed by atoms with Gasteiger partial charge in [0, 0.05) is 6.42 Å². The fourth-order valence-electron chi connectivity index (χ4n) is 2.09. The van der Waals surface area contributed by atoms with E-state index in [-0.39, 0.29) is 12.2 Å². The summed E-state index contributed by atoms with van der Waals surface area (Å²) >= 11 is 0. The highest BCUT2D eigenvalue weighted by molar-refractivity contribution is 5.81. The van der Waals surface area contributed by atoms with Crippen LogP contribution in [0.2, 0.25) is 0 Å². The number of carboxylic acid groups (broad SMARTS) is 1. The first-order valence-electron chi connectivity index (χ1n) is 5.53. The molecule has 1 saturated heterocycles. The molecule has 8 nitrogen and oxygen atoms in total. The van der Waals surface area contributed by atoms with Gasteiger partial charge in [-0.25, -0.2) is 24.1 Å². The Labute approximate surface area is 106 Å². The van der Waals surface area contributed by atoms with E-state index < -0.39 is 24.5 Å². The third-order valence-corrected chi connectivity index (χ3v) is 2.99. The van der Waals surface area contributed by atoms with Gasteiger partial charge in [-0.05, 0) is 0 Å². The lowest BCUT2D eigenvalue weighted by molar-refractivity contribution is -0.151. The van der Waals surface area contributed by atoms with Crippen LogP contribution in [0, 0.1) is 0 Å². The summed E-state index contributed by atoms with van der Waals surface area (Å²) in [6, 6.07) is 0. The van der Waals surface area contributed by atoms with E-state index in [1.165, 1.54) is 17.2 Å². The average Bonchev–Trinajstić information content (AvgIpc) is 2.93. The van der Waals surface area contributed by atoms with Crippen molar-refractivity contribution in [3.05, 3.63) is 12.7 Å². The molecule has 0 bridgehead atoms. The van der Waals surface area contributed by atoms with E-state index in [0.29, 0.717) is 11.2 Å². The van der Waals surface area contributed by atoms with E-state index >= 15 is 0 Å². The number of halogens is 1. The van der Waals surface area contributed by atoms with Crippen molar-refractivity contribution < 1.29 is 19.0 Å². The van der Waals surface area contributed by atoms with Gasteiger partial charge >= 0.3 is 5.97 Å². The third-order valence-electron chi connectivity index (χ3n) is 2.99. The molecule has 1 aliphatic heterocycles. The van der Waals surface area contributed by atoms with Gasteiger partial charge in [0.25, 0.3) is 0 Å². The number of ether oxygens (including phenoxy) is 1. The molecule has 1 aliphatic rings. The molecule has 0 aliphatic carbocycles. The lowest BCUT2D eigenvalue weighted by atomic mass is 10.2. The predicted octanol–water partition coefficient (Wildman–Crippen LogP) is 0.119. The zero-order valence-electron chi connectivity index (χ0n) is 9.60. The minimum Gasteiger partial charge on any atom is -0.479 e. The predicted molar refractivity (Wildman–Crippen MR) is 60.8 cm³/mol. The van der Waals surface area contributed by atoms with Gasteiger partial charge in [-0.1, -0.05) is 0 Å². The Morgan fingerprint density at radius 1 is 1.53 bits per heavy atom. The number of aromatic nitrogens is 4. The summed E-state index contributed by atoms with van der Waals surface area (Å²) < 4.78 is 20.4. The van der Waals surface area contributed by atoms with Crippen LogP contribution in [0.1, 0.15) is 12.6 Å². The molecule has 3 heterocycles. The second-order valence-corrected chi connectivity index (χ2v) is 4.19. The average molecular weight is 267 g/mol. The van der Waals surface area contributed by atoms with E-state index in [1.54, 1.807) is 0 Å². The summed E-state index contributed by atoms with van der Waals surface area (Å²) in [6.07, 6.45) is -1.35. The molecule has 3 atom stereocenters. The fraction of sp³-hybridized carbons (Fsp3) is 0.400. The second kappa shape index (κ2) is 4.12. The maximum Gasteiger partial charge on any atom is 0.333 e. The van der Waals surface area contributed by atoms with Gasteiger partial charge < -0.3 is 15.6 Å². The van der Waals surface area contributed by atoms with Gasteiger partial charge in [-0.3, -0.25) is 4.57 Å². The molecule has 2 aromatic rings. The smallest absolute Gasteiger partial charge is 0.333 e. The highest BCUT2D eigenvalue weighted by Crippen LogP contribution is 2.33. The van der Waals surface area contributed by atoms with Gasteiger partial charge in [0.05, 0.1) is 6.33 Å². The van der Waals surface area contributed by atoms with E-state index in [0.717, 1.165) is 0 Å². The van der Waals surface area contributed by atoms with Crippen molar-refractivity contribution in [2.24, 2.45) is 0 Å². The SMILES string of the molecule is Nc1ncnc2c1ncn2[C@@H]1O[C@H](C(=O)O)C[C@@H]1F. The number of nitrogens with two attached hydrogens (primary N) is 1. The van der Waals surface area contributed by atoms with Crippen LogP contribution in [0.25, 0.3) is 11.2 Å². The van der Waals surface area contributed by atoms with Crippen LogP contribution < -0.4 is 5.73 Å². The summed E-state index contributed by atoms with van der Waals surface area (Å²) in [4.78, 5) is 22.5. The minimum atomic E-state index is -1.45. The molecule has 100 valence electrons. The molecule has 0 aromatic carbocycles. The van der Waals surface area contributed by atoms with Crippen LogP contribution in [0.3, 0.4) is 0 Å². The molecule has 0 spiro atoms. The number of imidazole rings is 1. The van der Waals surface area contributed by atoms with E-state index in [9.17, 15) is 9.18 Å². The summed E-state index contributed by atoms with van der Waals surface area (Å²) in [6.45, 7) is 0. The number of aliphatic carboxylic acids is 1. The van der Waals surface area contributed by atoms with Crippen molar-refractivity contribution in [1.82, 2.24) is 19.5 Å². The lowest BCUT2D eigenvalue weighted by Crippen LogP contribution is -2.20. The first-order valence-corrected chi connectivity index (χ1v) is 5.53. The number of fused-ring (bicyclic) bond motifs is 1. The number of nitrogens with zero attached hydrogens (tertiary/aromatic N) is 4. The Morgan fingerprint density at radius 2 is 2.32 bits per heavy atom. The Kier molecular flexibility index (Phi) is 2.56. The molecule has 0 saturated carbocycles. The number of nitrogen functional groups attached to an aromatic ring is 1. The molecule has 19 heavy (non-hydrogen) atoms. The first-order chi connectivity index (χ1) is 9.08. The van der Waals surface area contributed by atoms with E-state index in [2.05, 4.69) is 15.0 Å². The standard InChI is InChI=1S/C10H10FN5O3/c11-4-1-5(10(17)18)19-9(4)16-3-15-6-7(12)13-2-14-8(6)16/h2-5,9H,1H2,(H,17,18)(H2,12,13,14)/t4-,5-,9+/m0/s1. The highest BCUT2D eigenvalue weighted by Gasteiger charge is 2.41. The number of hydrogen-bond donors (Lipinski definition) is 2. The highest BCUT2D eigenvalue weighted by atomic mass is 19.1. The van der Waals surface area contributed by atoms with Crippen molar-refractivity contribution in [3.63, 3.8) is 0 Å². The number of carbonyl (C=O) groups is 1. The summed E-state index contributed by atoms with van der Waals surface area (Å²) in [5.74, 6) is -1.02. The molecule has 9 heteroatoms. The molecular weight excluding hydrogens is 257 g/mol. The Bertz CT molecular complexity index is 645. The molecule has 3 rings (SSSR count). The topological polar surface area (TPSA) is 116 Å². The second-order valence-electron chi connectivity index (χ2n) is 4.19. The third kappa shape index (κ3) is 1.78. The largest absolute Gasteiger partial charge is 0.479 e. The van der Waals surface area contributed by atoms with Gasteiger partial charge in [0.2, 0.25) is 0 Å². The number of hydrogen-bond acceptors (Lipinski definition) is 6. The van der Waals surface area contributed by atoms with Gasteiger partial charge in [-0.2, -0.15) is 0 Å². The Morgan fingerprint density at radius 3 is 3.00 bits per heavy atom. The first kappa shape index (κ1) is 11.8. The van der Waals surface area contributed by atoms with Crippen molar-refractivity contribution in [3.8, 4) is 0 Å². The molecule has 0 unspecified atom stereocenters. The van der Waals surface area contributed by atoms with Crippen LogP contribution in [-0.4, -0.2) is 42.9 Å². The maximum atomic E-state index is 13.9. The number of alkyl halides is 1. The zero-order valence-corrected chi connectivity index (χ0v) is 9.60. The van der Waals surface area contributed by atoms with Crippen molar-refractivity contribution >= 4 is 23.0 Å². The molecular formula is C10H10FN5O3. The number of anilines is 1. The fourth-order valence-corrected chi connectivity index (χ4v) is 2.09. The van der Waals surface area contributed by atoms with Crippen LogP contribution in [0.15, 0.2) is 12.7 Å². The number of carboxylic acids is 1. The van der Waals surface area contributed by atoms with Crippen LogP contribution in [-0.2, 0) is 9.53 Å². The summed E-state index contributed by atoms with van der Waals surface area (Å²) in [5, 5.41) is 8.84. The van der Waals surface area contributed by atoms with Crippen molar-refractivity contribution in [2.75, 3.05) is 5.73 Å². The van der Waals surface area contributed by atoms with Crippen molar-refractivity contribution in [1.29, 1.82) is 0 Å². The molecule has 2 aromatic heterocycles. The molecule has 3 N–H and O–H groups in total. The quantitative estimate of drug-likeness (QED) is 0.793. The summed E-state index contributed by atoms with van der Waals surface area (Å²) in [5.41, 5.74) is 6.26. The molecule has 0 amide bonds. The summed E-state index contributed by atoms with van der Waals surface area (Å²) in [7, 11) is 0. The van der Waals surface area contributed by atoms with Crippen LogP contribution in [0.5, 0.6) is 0 Å². The van der Waals surface area contributed by atoms with E-state index in [1.807, 2.05) is 0 Å². The lowest BCUT2D eigenvalue weighted by Gasteiger charge is -2.14. The maximum absolute atomic E-state index is 13.9. The number of rotatable bonds is 2. The molecule has 0 radical (unpaired) electrons. The molecule has 1 fully saturated rings. The Balaban J connectivity index is 2.01. The normalized spacial score (nSPS) is 26.9. The Hall–Kier alpha value is -2.29. The van der Waals surface area contributed by atoms with Gasteiger partial charge in [-0.15, -0.1) is 0 Å².